The number of fused-ring (bicyclic) bond motifs is 2. The molecule has 0 saturated heterocycles. The number of carbonyl (C=O) groups excluding carboxylic acids is 1. The quantitative estimate of drug-likeness (QED) is 0.314. The van der Waals surface area contributed by atoms with Crippen LogP contribution in [0.1, 0.15) is 12.0 Å². The Morgan fingerprint density at radius 2 is 1.93 bits per heavy atom. The lowest BCUT2D eigenvalue weighted by atomic mass is 10.1. The van der Waals surface area contributed by atoms with E-state index in [1.54, 1.807) is 0 Å². The molecular weight excluding hydrogens is 382 g/mol. The Morgan fingerprint density at radius 3 is 2.71 bits per heavy atom. The molecule has 2 aromatic carbocycles. The number of rotatable bonds is 4. The lowest BCUT2D eigenvalue weighted by Gasteiger charge is -2.09. The molecule has 2 heterocycles. The van der Waals surface area contributed by atoms with Crippen LogP contribution in [-0.4, -0.2) is 21.2 Å². The summed E-state index contributed by atoms with van der Waals surface area (Å²) in [5.74, 6) is -0.444. The average molecular weight is 396 g/mol. The molecule has 140 valence electrons. The van der Waals surface area contributed by atoms with Crippen molar-refractivity contribution < 1.29 is 9.53 Å². The number of aromatic nitrogens is 3. The summed E-state index contributed by atoms with van der Waals surface area (Å²) in [6, 6.07) is 12.4. The van der Waals surface area contributed by atoms with Gasteiger partial charge in [0.1, 0.15) is 11.3 Å². The van der Waals surface area contributed by atoms with Gasteiger partial charge < -0.3 is 9.72 Å². The van der Waals surface area contributed by atoms with Gasteiger partial charge >= 0.3 is 5.97 Å². The van der Waals surface area contributed by atoms with Crippen LogP contribution in [0.3, 0.4) is 0 Å². The molecule has 0 spiro atoms. The zero-order chi connectivity index (χ0) is 19.7. The second-order valence-electron chi connectivity index (χ2n) is 6.23. The van der Waals surface area contributed by atoms with E-state index in [1.807, 2.05) is 30.3 Å². The number of benzene rings is 2. The second kappa shape index (κ2) is 7.28. The molecule has 2 N–H and O–H groups in total. The number of H-pyrrole nitrogens is 2. The molecule has 0 radical (unpaired) electrons. The largest absolute Gasteiger partial charge is 0.426 e. The monoisotopic (exact) mass is 395 g/mol. The molecule has 0 unspecified atom stereocenters. The maximum Gasteiger partial charge on any atom is 0.311 e. The molecule has 4 rings (SSSR count). The van der Waals surface area contributed by atoms with Gasteiger partial charge in [-0.2, -0.15) is 5.10 Å². The van der Waals surface area contributed by atoms with Crippen molar-refractivity contribution >= 4 is 39.4 Å². The number of carbonyl (C=O) groups is 1. The van der Waals surface area contributed by atoms with Crippen LogP contribution in [0.4, 0.5) is 0 Å². The zero-order valence-corrected chi connectivity index (χ0v) is 15.2. The minimum absolute atomic E-state index is 0.0454. The molecule has 4 aromatic rings. The molecule has 0 aliphatic rings. The van der Waals surface area contributed by atoms with E-state index in [1.165, 1.54) is 18.3 Å². The van der Waals surface area contributed by atoms with Gasteiger partial charge in [0.05, 0.1) is 22.5 Å². The molecule has 0 amide bonds. The normalized spacial score (nSPS) is 11.0. The lowest BCUT2D eigenvalue weighted by Crippen LogP contribution is -2.17. The van der Waals surface area contributed by atoms with Gasteiger partial charge in [-0.1, -0.05) is 41.9 Å². The Kier molecular flexibility index (Phi) is 4.67. The second-order valence-corrected chi connectivity index (χ2v) is 6.66. The van der Waals surface area contributed by atoms with Crippen molar-refractivity contribution in [1.29, 1.82) is 0 Å². The first kappa shape index (κ1) is 17.9. The van der Waals surface area contributed by atoms with E-state index in [9.17, 15) is 14.4 Å². The van der Waals surface area contributed by atoms with E-state index in [0.717, 1.165) is 5.56 Å². The van der Waals surface area contributed by atoms with Gasteiger partial charge in [-0.3, -0.25) is 14.4 Å². The molecule has 0 saturated carbocycles. The van der Waals surface area contributed by atoms with Crippen molar-refractivity contribution in [1.82, 2.24) is 15.2 Å². The van der Waals surface area contributed by atoms with E-state index < -0.39 is 17.0 Å². The van der Waals surface area contributed by atoms with E-state index >= 15 is 0 Å². The molecule has 7 nitrogen and oxygen atoms in total. The van der Waals surface area contributed by atoms with Crippen molar-refractivity contribution in [3.8, 4) is 5.75 Å². The van der Waals surface area contributed by atoms with Crippen LogP contribution in [0.15, 0.2) is 58.3 Å². The SMILES string of the molecule is O=C(CCc1ccccc1)Oc1cc(Cl)cc2[nH]c3c(=O)[nH]ncc3c(=O)c12. The highest BCUT2D eigenvalue weighted by atomic mass is 35.5. The van der Waals surface area contributed by atoms with Gasteiger partial charge in [-0.25, -0.2) is 5.10 Å². The fourth-order valence-corrected chi connectivity index (χ4v) is 3.23. The highest BCUT2D eigenvalue weighted by Gasteiger charge is 2.16. The molecule has 2 aromatic heterocycles. The molecule has 0 atom stereocenters. The molecule has 0 bridgehead atoms. The molecular formula is C20H14ClN3O4. The molecule has 0 fully saturated rings. The van der Waals surface area contributed by atoms with Gasteiger partial charge in [0.2, 0.25) is 5.43 Å². The Morgan fingerprint density at radius 1 is 1.14 bits per heavy atom. The van der Waals surface area contributed by atoms with Crippen LogP contribution in [0.25, 0.3) is 21.8 Å². The molecule has 28 heavy (non-hydrogen) atoms. The minimum Gasteiger partial charge on any atom is -0.426 e. The fourth-order valence-electron chi connectivity index (χ4n) is 3.02. The van der Waals surface area contributed by atoms with Gasteiger partial charge in [-0.05, 0) is 18.1 Å². The number of halogens is 1. The highest BCUT2D eigenvalue weighted by Crippen LogP contribution is 2.28. The van der Waals surface area contributed by atoms with Crippen LogP contribution in [0.5, 0.6) is 5.75 Å². The number of nitrogens with zero attached hydrogens (tertiary/aromatic N) is 1. The smallest absolute Gasteiger partial charge is 0.311 e. The molecule has 0 aliphatic heterocycles. The van der Waals surface area contributed by atoms with Crippen LogP contribution in [0, 0.1) is 0 Å². The summed E-state index contributed by atoms with van der Waals surface area (Å²) in [4.78, 5) is 40.0. The lowest BCUT2D eigenvalue weighted by molar-refractivity contribution is -0.134. The average Bonchev–Trinajstić information content (AvgIpc) is 2.68. The summed E-state index contributed by atoms with van der Waals surface area (Å²) in [6.45, 7) is 0. The number of nitrogens with one attached hydrogen (secondary N) is 2. The maximum absolute atomic E-state index is 12.9. The zero-order valence-electron chi connectivity index (χ0n) is 14.5. The van der Waals surface area contributed by atoms with E-state index in [2.05, 4.69) is 15.2 Å². The van der Waals surface area contributed by atoms with Crippen molar-refractivity contribution in [3.05, 3.63) is 79.8 Å². The van der Waals surface area contributed by atoms with Gasteiger partial charge in [0.15, 0.2) is 0 Å². The Labute approximate surface area is 162 Å². The van der Waals surface area contributed by atoms with Crippen LogP contribution in [0.2, 0.25) is 5.02 Å². The van der Waals surface area contributed by atoms with Crippen molar-refractivity contribution in [3.63, 3.8) is 0 Å². The van der Waals surface area contributed by atoms with Crippen molar-refractivity contribution in [2.45, 2.75) is 12.8 Å². The number of ether oxygens (including phenoxy) is 1. The maximum atomic E-state index is 12.9. The summed E-state index contributed by atoms with van der Waals surface area (Å²) in [7, 11) is 0. The summed E-state index contributed by atoms with van der Waals surface area (Å²) < 4.78 is 5.44. The number of aryl methyl sites for hydroxylation is 1. The van der Waals surface area contributed by atoms with Crippen LogP contribution >= 0.6 is 11.6 Å². The Hall–Kier alpha value is -3.45. The number of esters is 1. The first-order valence-electron chi connectivity index (χ1n) is 8.50. The minimum atomic E-state index is -0.530. The number of hydrogen-bond donors (Lipinski definition) is 2. The Bertz CT molecular complexity index is 1310. The van der Waals surface area contributed by atoms with Crippen molar-refractivity contribution in [2.75, 3.05) is 0 Å². The van der Waals surface area contributed by atoms with E-state index in [4.69, 9.17) is 16.3 Å². The predicted molar refractivity (Wildman–Crippen MR) is 106 cm³/mol. The predicted octanol–water partition coefficient (Wildman–Crippen LogP) is 2.96. The van der Waals surface area contributed by atoms with E-state index in [0.29, 0.717) is 11.9 Å². The van der Waals surface area contributed by atoms with Crippen LogP contribution in [-0.2, 0) is 11.2 Å². The third kappa shape index (κ3) is 3.39. The summed E-state index contributed by atoms with van der Waals surface area (Å²) >= 11 is 6.11. The first-order valence-corrected chi connectivity index (χ1v) is 8.88. The fraction of sp³-hybridized carbons (Fsp3) is 0.100. The summed E-state index contributed by atoms with van der Waals surface area (Å²) in [5.41, 5.74) is 0.385. The van der Waals surface area contributed by atoms with Crippen molar-refractivity contribution in [2.24, 2.45) is 0 Å². The molecule has 0 aliphatic carbocycles. The number of pyridine rings is 1. The van der Waals surface area contributed by atoms with E-state index in [-0.39, 0.29) is 33.5 Å². The topological polar surface area (TPSA) is 105 Å². The summed E-state index contributed by atoms with van der Waals surface area (Å²) in [6.07, 6.45) is 1.91. The first-order chi connectivity index (χ1) is 13.5. The van der Waals surface area contributed by atoms with Gasteiger partial charge in [0.25, 0.3) is 5.56 Å². The third-order valence-corrected chi connectivity index (χ3v) is 4.56. The highest BCUT2D eigenvalue weighted by molar-refractivity contribution is 6.31. The summed E-state index contributed by atoms with van der Waals surface area (Å²) in [5, 5.41) is 6.42. The Balaban J connectivity index is 1.73. The van der Waals surface area contributed by atoms with Gasteiger partial charge in [0, 0.05) is 17.5 Å². The van der Waals surface area contributed by atoms with Gasteiger partial charge in [-0.15, -0.1) is 0 Å². The van der Waals surface area contributed by atoms with Crippen LogP contribution < -0.4 is 15.7 Å². The number of aromatic amines is 2. The molecule has 8 heteroatoms. The number of hydrogen-bond acceptors (Lipinski definition) is 5. The third-order valence-electron chi connectivity index (χ3n) is 4.34. The standard InChI is InChI=1S/C20H14ClN3O4/c21-12-8-14-17(19(26)13-10-22-24-20(27)18(13)23-14)15(9-12)28-16(25)7-6-11-4-2-1-3-5-11/h1-5,8-10H,6-7H2,(H,23,26)(H,24,27).